The molecule has 1 aromatic rings. The molecule has 2 heteroatoms. The van der Waals surface area contributed by atoms with Gasteiger partial charge in [0.05, 0.1) is 8.80 Å². The molecule has 1 atom stereocenters. The molecule has 0 bridgehead atoms. The Kier molecular flexibility index (Phi) is 9.84. The van der Waals surface area contributed by atoms with Gasteiger partial charge < -0.3 is 14.9 Å². The number of rotatable bonds is 2. The Morgan fingerprint density at radius 2 is 1.69 bits per heavy atom. The molecule has 0 fully saturated rings. The summed E-state index contributed by atoms with van der Waals surface area (Å²) in [5.41, 5.74) is 0. The Morgan fingerprint density at radius 1 is 1.06 bits per heavy atom. The van der Waals surface area contributed by atoms with Crippen LogP contribution in [0, 0.1) is 14.9 Å². The molecule has 1 aliphatic rings. The van der Waals surface area contributed by atoms with Gasteiger partial charge in [0.15, 0.2) is 0 Å². The first-order chi connectivity index (χ1) is 6.38. The van der Waals surface area contributed by atoms with Crippen molar-refractivity contribution in [3.8, 4) is 0 Å². The van der Waals surface area contributed by atoms with Crippen molar-refractivity contribution < 1.29 is 21.7 Å². The van der Waals surface area contributed by atoms with E-state index in [0.717, 1.165) is 0 Å². The topological polar surface area (TPSA) is 0 Å². The molecule has 0 nitrogen and oxygen atoms in total. The molecule has 0 aromatic heterocycles. The molecule has 0 N–H and O–H groups in total. The van der Waals surface area contributed by atoms with Gasteiger partial charge in [0.2, 0.25) is 0 Å². The summed E-state index contributed by atoms with van der Waals surface area (Å²) in [5.74, 6) is 0. The van der Waals surface area contributed by atoms with E-state index in [-0.39, 0.29) is 36.6 Å². The number of allylic oxidation sites excluding steroid dienone is 4. The van der Waals surface area contributed by atoms with Crippen molar-refractivity contribution >= 4 is 14.0 Å². The van der Waals surface area contributed by atoms with Crippen LogP contribution in [0.4, 0.5) is 0 Å². The van der Waals surface area contributed by atoms with Gasteiger partial charge in [-0.3, -0.25) is 0 Å². The quantitative estimate of drug-likeness (QED) is 0.569. The molecule has 1 aliphatic carbocycles. The summed E-state index contributed by atoms with van der Waals surface area (Å²) in [4.78, 5) is 0. The summed E-state index contributed by atoms with van der Waals surface area (Å²) in [7, 11) is -0.814. The zero-order valence-electron chi connectivity index (χ0n) is 10.4. The predicted molar refractivity (Wildman–Crippen MR) is 73.8 cm³/mol. The maximum Gasteiger partial charge on any atom is 2.00 e. The minimum atomic E-state index is -0.814. The van der Waals surface area contributed by atoms with E-state index < -0.39 is 8.80 Å². The van der Waals surface area contributed by atoms with Crippen LogP contribution in [0.15, 0.2) is 53.8 Å². The van der Waals surface area contributed by atoms with E-state index in [1.807, 2.05) is 0 Å². The molecular formula is C14H20SiTi. The van der Waals surface area contributed by atoms with Crippen LogP contribution >= 0.6 is 0 Å². The van der Waals surface area contributed by atoms with E-state index in [0.29, 0.717) is 0 Å². The van der Waals surface area contributed by atoms with Crippen LogP contribution < -0.4 is 5.19 Å². The Hall–Kier alpha value is -0.369. The van der Waals surface area contributed by atoms with E-state index >= 15 is 0 Å². The molecule has 16 heavy (non-hydrogen) atoms. The second-order valence-electron chi connectivity index (χ2n) is 3.51. The number of benzene rings is 1. The van der Waals surface area contributed by atoms with Crippen molar-refractivity contribution in [2.75, 3.05) is 0 Å². The molecule has 84 valence electrons. The first-order valence-corrected chi connectivity index (χ1v) is 7.09. The molecule has 0 amide bonds. The zero-order chi connectivity index (χ0) is 9.10. The maximum atomic E-state index is 2.41. The average molecular weight is 264 g/mol. The van der Waals surface area contributed by atoms with Gasteiger partial charge in [-0.05, 0) is 6.42 Å². The number of hydrogen-bond acceptors (Lipinski definition) is 0. The van der Waals surface area contributed by atoms with Crippen LogP contribution in [0.3, 0.4) is 0 Å². The Morgan fingerprint density at radius 3 is 2.19 bits per heavy atom. The van der Waals surface area contributed by atoms with Gasteiger partial charge in [0.25, 0.3) is 0 Å². The number of hydrogen-bond donors (Lipinski definition) is 0. The van der Waals surface area contributed by atoms with Crippen LogP contribution in [0.5, 0.6) is 0 Å². The van der Waals surface area contributed by atoms with Gasteiger partial charge in [0.1, 0.15) is 0 Å². The van der Waals surface area contributed by atoms with E-state index in [1.54, 1.807) is 10.4 Å². The van der Waals surface area contributed by atoms with Crippen molar-refractivity contribution in [1.29, 1.82) is 0 Å². The minimum absolute atomic E-state index is 0. The maximum absolute atomic E-state index is 2.41. The molecule has 0 radical (unpaired) electrons. The second-order valence-corrected chi connectivity index (χ2v) is 6.36. The average Bonchev–Trinajstić information content (AvgIpc) is 2.71. The fourth-order valence-electron chi connectivity index (χ4n) is 1.74. The first-order valence-electron chi connectivity index (χ1n) is 4.78. The predicted octanol–water partition coefficient (Wildman–Crippen LogP) is 3.07. The zero-order valence-corrected chi connectivity index (χ0v) is 13.1. The van der Waals surface area contributed by atoms with Crippen LogP contribution in [0.2, 0.25) is 6.55 Å². The van der Waals surface area contributed by atoms with Gasteiger partial charge in [-0.25, -0.2) is 0 Å². The van der Waals surface area contributed by atoms with Crippen LogP contribution in [-0.4, -0.2) is 8.80 Å². The fourth-order valence-corrected chi connectivity index (χ4v) is 3.86. The molecular weight excluding hydrogens is 244 g/mol. The summed E-state index contributed by atoms with van der Waals surface area (Å²) in [6, 6.07) is 10.9. The summed E-state index contributed by atoms with van der Waals surface area (Å²) in [5, 5.41) is 3.21. The largest absolute Gasteiger partial charge is 2.00 e. The molecule has 0 spiro atoms. The minimum Gasteiger partial charge on any atom is -0.358 e. The Balaban J connectivity index is 0. The van der Waals surface area contributed by atoms with E-state index in [9.17, 15) is 0 Å². The third kappa shape index (κ3) is 4.25. The Bertz CT molecular complexity index is 341. The van der Waals surface area contributed by atoms with Crippen LogP contribution in [0.25, 0.3) is 0 Å². The van der Waals surface area contributed by atoms with Crippen molar-refractivity contribution in [3.63, 3.8) is 0 Å². The van der Waals surface area contributed by atoms with Gasteiger partial charge in [-0.2, -0.15) is 0 Å². The summed E-state index contributed by atoms with van der Waals surface area (Å²) < 4.78 is 0. The molecule has 0 saturated carbocycles. The molecule has 1 unspecified atom stereocenters. The molecule has 0 aliphatic heterocycles. The Labute approximate surface area is 117 Å². The SMILES string of the molecule is C[SiH](C1=CC=CC1)c1ccccc1.[CH3-].[CH3-].[Ti+2]. The van der Waals surface area contributed by atoms with E-state index in [2.05, 4.69) is 55.1 Å². The van der Waals surface area contributed by atoms with Gasteiger partial charge in [0, 0.05) is 0 Å². The van der Waals surface area contributed by atoms with Crippen molar-refractivity contribution in [2.45, 2.75) is 13.0 Å². The summed E-state index contributed by atoms with van der Waals surface area (Å²) >= 11 is 0. The summed E-state index contributed by atoms with van der Waals surface area (Å²) in [6.45, 7) is 2.41. The molecule has 1 aromatic carbocycles. The molecule has 2 rings (SSSR count). The molecule has 0 heterocycles. The molecule has 0 saturated heterocycles. The smallest absolute Gasteiger partial charge is 0.358 e. The third-order valence-electron chi connectivity index (χ3n) is 2.66. The fraction of sp³-hybridized carbons (Fsp3) is 0.143. The normalized spacial score (nSPS) is 13.9. The van der Waals surface area contributed by atoms with Crippen molar-refractivity contribution in [1.82, 2.24) is 0 Å². The van der Waals surface area contributed by atoms with Crippen molar-refractivity contribution in [3.05, 3.63) is 68.6 Å². The van der Waals surface area contributed by atoms with E-state index in [4.69, 9.17) is 0 Å². The monoisotopic (exact) mass is 264 g/mol. The summed E-state index contributed by atoms with van der Waals surface area (Å²) in [6.07, 6.45) is 7.91. The van der Waals surface area contributed by atoms with Gasteiger partial charge in [-0.1, -0.05) is 65.5 Å². The van der Waals surface area contributed by atoms with Crippen LogP contribution in [0.1, 0.15) is 6.42 Å². The second kappa shape index (κ2) is 8.75. The first kappa shape index (κ1) is 18.0. The standard InChI is InChI=1S/C12H14Si.2CH3.Ti/c1-13(12-9-5-6-10-12)11-7-3-2-4-8-11;;;/h2-9,13H,10H2,1H3;2*1H3;/q;2*-1;+2. The van der Waals surface area contributed by atoms with Gasteiger partial charge >= 0.3 is 21.7 Å². The van der Waals surface area contributed by atoms with E-state index in [1.165, 1.54) is 6.42 Å². The van der Waals surface area contributed by atoms with Crippen molar-refractivity contribution in [2.24, 2.45) is 0 Å². The van der Waals surface area contributed by atoms with Gasteiger partial charge in [-0.15, -0.1) is 0 Å². The third-order valence-corrected chi connectivity index (χ3v) is 5.58. The van der Waals surface area contributed by atoms with Crippen LogP contribution in [-0.2, 0) is 21.7 Å².